The number of carbonyl (C=O) groups is 1. The third-order valence-electron chi connectivity index (χ3n) is 4.48. The first-order valence-corrected chi connectivity index (χ1v) is 9.00. The summed E-state index contributed by atoms with van der Waals surface area (Å²) in [5.74, 6) is -0.152. The van der Waals surface area contributed by atoms with Crippen LogP contribution in [-0.4, -0.2) is 5.97 Å². The van der Waals surface area contributed by atoms with Gasteiger partial charge in [0, 0.05) is 11.1 Å². The highest BCUT2D eigenvalue weighted by molar-refractivity contribution is 6.30. The van der Waals surface area contributed by atoms with Crippen molar-refractivity contribution in [3.05, 3.63) is 99.4 Å². The van der Waals surface area contributed by atoms with Crippen LogP contribution in [0.2, 0.25) is 5.02 Å². The zero-order valence-electron chi connectivity index (χ0n) is 14.9. The molecule has 1 aromatic heterocycles. The molecule has 0 saturated carbocycles. The van der Waals surface area contributed by atoms with E-state index >= 15 is 0 Å². The molecule has 138 valence electrons. The maximum atomic E-state index is 12.8. The number of aryl methyl sites for hydroxylation is 1. The molecule has 5 heteroatoms. The van der Waals surface area contributed by atoms with Crippen LogP contribution in [0.5, 0.6) is 5.75 Å². The lowest BCUT2D eigenvalue weighted by Gasteiger charge is -2.08. The molecule has 4 nitrogen and oxygen atoms in total. The Morgan fingerprint density at radius 1 is 1.00 bits per heavy atom. The van der Waals surface area contributed by atoms with Crippen molar-refractivity contribution in [1.82, 2.24) is 0 Å². The van der Waals surface area contributed by atoms with E-state index < -0.39 is 5.97 Å². The highest BCUT2D eigenvalue weighted by atomic mass is 35.5. The number of fused-ring (bicyclic) bond motifs is 1. The van der Waals surface area contributed by atoms with Crippen molar-refractivity contribution in [3.63, 3.8) is 0 Å². The fourth-order valence-electron chi connectivity index (χ4n) is 2.96. The molecule has 4 aromatic rings. The molecule has 0 bridgehead atoms. The van der Waals surface area contributed by atoms with Crippen LogP contribution in [0.15, 0.2) is 82.2 Å². The van der Waals surface area contributed by atoms with Gasteiger partial charge in [-0.1, -0.05) is 41.9 Å². The second-order valence-corrected chi connectivity index (χ2v) is 6.78. The number of rotatable bonds is 3. The van der Waals surface area contributed by atoms with Gasteiger partial charge in [-0.2, -0.15) is 0 Å². The normalized spacial score (nSPS) is 10.8. The molecule has 0 amide bonds. The van der Waals surface area contributed by atoms with Gasteiger partial charge in [-0.3, -0.25) is 4.79 Å². The summed E-state index contributed by atoms with van der Waals surface area (Å²) in [7, 11) is 0. The van der Waals surface area contributed by atoms with E-state index in [2.05, 4.69) is 0 Å². The van der Waals surface area contributed by atoms with Crippen LogP contribution < -0.4 is 10.2 Å². The van der Waals surface area contributed by atoms with Gasteiger partial charge < -0.3 is 9.15 Å². The minimum absolute atomic E-state index is 0.166. The van der Waals surface area contributed by atoms with E-state index in [0.29, 0.717) is 32.9 Å². The van der Waals surface area contributed by atoms with Gasteiger partial charge in [0.2, 0.25) is 0 Å². The average molecular weight is 391 g/mol. The first kappa shape index (κ1) is 18.0. The minimum atomic E-state index is -0.461. The van der Waals surface area contributed by atoms with E-state index in [1.807, 2.05) is 19.1 Å². The number of benzene rings is 3. The van der Waals surface area contributed by atoms with Crippen LogP contribution in [0.25, 0.3) is 22.1 Å². The highest BCUT2D eigenvalue weighted by Crippen LogP contribution is 2.25. The Bertz CT molecular complexity index is 1240. The van der Waals surface area contributed by atoms with Crippen molar-refractivity contribution in [1.29, 1.82) is 0 Å². The topological polar surface area (TPSA) is 56.5 Å². The Labute approximate surface area is 166 Å². The maximum absolute atomic E-state index is 12.8. The van der Waals surface area contributed by atoms with Gasteiger partial charge in [-0.25, -0.2) is 4.79 Å². The van der Waals surface area contributed by atoms with E-state index in [-0.39, 0.29) is 5.43 Å². The largest absolute Gasteiger partial charge is 0.463 e. The fourth-order valence-corrected chi connectivity index (χ4v) is 3.09. The Morgan fingerprint density at radius 2 is 1.75 bits per heavy atom. The molecule has 0 fully saturated rings. The molecular weight excluding hydrogens is 376 g/mol. The minimum Gasteiger partial charge on any atom is -0.463 e. The number of ether oxygens (including phenoxy) is 1. The van der Waals surface area contributed by atoms with Crippen LogP contribution in [0.1, 0.15) is 15.9 Å². The molecule has 0 unspecified atom stereocenters. The van der Waals surface area contributed by atoms with Crippen LogP contribution in [0.4, 0.5) is 0 Å². The SMILES string of the molecule is Cc1ccccc1C(=O)Oc1ccc2c(=O)c(-c3ccc(Cl)cc3)coc2c1. The summed E-state index contributed by atoms with van der Waals surface area (Å²) in [4.78, 5) is 25.2. The lowest BCUT2D eigenvalue weighted by atomic mass is 10.1. The third kappa shape index (κ3) is 3.42. The van der Waals surface area contributed by atoms with E-state index in [0.717, 1.165) is 11.1 Å². The Hall–Kier alpha value is -3.37. The number of carbonyl (C=O) groups excluding carboxylic acids is 1. The molecular formula is C23H15ClO4. The van der Waals surface area contributed by atoms with E-state index in [1.54, 1.807) is 54.6 Å². The lowest BCUT2D eigenvalue weighted by Crippen LogP contribution is -2.10. The van der Waals surface area contributed by atoms with E-state index in [4.69, 9.17) is 20.8 Å². The molecule has 0 aliphatic carbocycles. The Balaban J connectivity index is 1.68. The zero-order valence-corrected chi connectivity index (χ0v) is 15.7. The molecule has 4 rings (SSSR count). The number of halogens is 1. The fraction of sp³-hybridized carbons (Fsp3) is 0.0435. The lowest BCUT2D eigenvalue weighted by molar-refractivity contribution is 0.0734. The van der Waals surface area contributed by atoms with Gasteiger partial charge in [-0.15, -0.1) is 0 Å². The molecule has 0 spiro atoms. The third-order valence-corrected chi connectivity index (χ3v) is 4.73. The van der Waals surface area contributed by atoms with Crippen LogP contribution in [-0.2, 0) is 0 Å². The van der Waals surface area contributed by atoms with Crippen molar-refractivity contribution in [2.45, 2.75) is 6.92 Å². The van der Waals surface area contributed by atoms with E-state index in [1.165, 1.54) is 6.26 Å². The van der Waals surface area contributed by atoms with Crippen molar-refractivity contribution in [2.24, 2.45) is 0 Å². The summed E-state index contributed by atoms with van der Waals surface area (Å²) in [5, 5.41) is 0.997. The summed E-state index contributed by atoms with van der Waals surface area (Å²) < 4.78 is 11.1. The van der Waals surface area contributed by atoms with Gasteiger partial charge in [0.05, 0.1) is 16.5 Å². The molecule has 28 heavy (non-hydrogen) atoms. The van der Waals surface area contributed by atoms with Gasteiger partial charge >= 0.3 is 5.97 Å². The molecule has 3 aromatic carbocycles. The molecule has 1 heterocycles. The number of hydrogen-bond donors (Lipinski definition) is 0. The predicted molar refractivity (Wildman–Crippen MR) is 109 cm³/mol. The summed E-state index contributed by atoms with van der Waals surface area (Å²) in [6.45, 7) is 1.84. The summed E-state index contributed by atoms with van der Waals surface area (Å²) in [5.41, 5.74) is 2.65. The van der Waals surface area contributed by atoms with Gasteiger partial charge in [0.15, 0.2) is 5.43 Å². The summed E-state index contributed by atoms with van der Waals surface area (Å²) in [6, 6.07) is 18.9. The maximum Gasteiger partial charge on any atom is 0.343 e. The molecule has 0 N–H and O–H groups in total. The van der Waals surface area contributed by atoms with Gasteiger partial charge in [0.25, 0.3) is 0 Å². The quantitative estimate of drug-likeness (QED) is 0.335. The van der Waals surface area contributed by atoms with Crippen molar-refractivity contribution < 1.29 is 13.9 Å². The monoisotopic (exact) mass is 390 g/mol. The summed E-state index contributed by atoms with van der Waals surface area (Å²) >= 11 is 5.90. The van der Waals surface area contributed by atoms with Crippen molar-refractivity contribution in [2.75, 3.05) is 0 Å². The number of hydrogen-bond acceptors (Lipinski definition) is 4. The van der Waals surface area contributed by atoms with Crippen molar-refractivity contribution >= 4 is 28.5 Å². The van der Waals surface area contributed by atoms with E-state index in [9.17, 15) is 9.59 Å². The second-order valence-electron chi connectivity index (χ2n) is 6.35. The highest BCUT2D eigenvalue weighted by Gasteiger charge is 2.14. The van der Waals surface area contributed by atoms with Gasteiger partial charge in [-0.05, 0) is 48.4 Å². The smallest absolute Gasteiger partial charge is 0.343 e. The van der Waals surface area contributed by atoms with Crippen LogP contribution in [0, 0.1) is 6.92 Å². The average Bonchev–Trinajstić information content (AvgIpc) is 2.69. The standard InChI is InChI=1S/C23H15ClO4/c1-14-4-2-3-5-18(14)23(26)28-17-10-11-19-21(12-17)27-13-20(22(19)25)15-6-8-16(24)9-7-15/h2-13H,1H3. The molecule has 0 aliphatic heterocycles. The van der Waals surface area contributed by atoms with Crippen LogP contribution in [0.3, 0.4) is 0 Å². The Morgan fingerprint density at radius 3 is 2.50 bits per heavy atom. The number of esters is 1. The molecule has 0 aliphatic rings. The first-order chi connectivity index (χ1) is 13.5. The molecule has 0 saturated heterocycles. The van der Waals surface area contributed by atoms with Crippen LogP contribution >= 0.6 is 11.6 Å². The van der Waals surface area contributed by atoms with Gasteiger partial charge in [0.1, 0.15) is 17.6 Å². The molecule has 0 radical (unpaired) electrons. The zero-order chi connectivity index (χ0) is 19.7. The first-order valence-electron chi connectivity index (χ1n) is 8.62. The summed E-state index contributed by atoms with van der Waals surface area (Å²) in [6.07, 6.45) is 1.40. The second kappa shape index (κ2) is 7.33. The van der Waals surface area contributed by atoms with Crippen molar-refractivity contribution in [3.8, 4) is 16.9 Å². The predicted octanol–water partition coefficient (Wildman–Crippen LogP) is 5.64. The molecule has 0 atom stereocenters. The Kier molecular flexibility index (Phi) is 4.72.